The number of hydrogen-bond acceptors (Lipinski definition) is 2. The molecule has 0 radical (unpaired) electrons. The van der Waals surface area contributed by atoms with Crippen molar-refractivity contribution in [2.24, 2.45) is 11.7 Å². The summed E-state index contributed by atoms with van der Waals surface area (Å²) in [5.41, 5.74) is 5.58. The number of rotatable bonds is 17. The lowest BCUT2D eigenvalue weighted by molar-refractivity contribution is 0.219. The first-order chi connectivity index (χ1) is 10.3. The van der Waals surface area contributed by atoms with Crippen LogP contribution >= 0.6 is 0 Å². The minimum absolute atomic E-state index is 0.259. The Hall–Kier alpha value is -0.0800. The lowest BCUT2D eigenvalue weighted by Crippen LogP contribution is -2.17. The lowest BCUT2D eigenvalue weighted by atomic mass is 10.0. The van der Waals surface area contributed by atoms with E-state index in [9.17, 15) is 0 Å². The molecule has 0 aromatic carbocycles. The predicted octanol–water partition coefficient (Wildman–Crippen LogP) is 5.43. The molecule has 0 rings (SSSR count). The number of aliphatic hydroxyl groups is 1. The maximum absolute atomic E-state index is 9.05. The quantitative estimate of drug-likeness (QED) is 0.352. The highest BCUT2D eigenvalue weighted by Gasteiger charge is 2.03. The van der Waals surface area contributed by atoms with Crippen LogP contribution in [0.4, 0.5) is 0 Å². The van der Waals surface area contributed by atoms with Gasteiger partial charge in [-0.2, -0.15) is 0 Å². The minimum atomic E-state index is 0.259. The smallest absolute Gasteiger partial charge is 0.0471 e. The van der Waals surface area contributed by atoms with E-state index >= 15 is 0 Å². The Labute approximate surface area is 133 Å². The summed E-state index contributed by atoms with van der Waals surface area (Å²) in [6.07, 6.45) is 20.7. The van der Waals surface area contributed by atoms with Gasteiger partial charge in [0.05, 0.1) is 0 Å². The Morgan fingerprint density at radius 2 is 1.05 bits per heavy atom. The average Bonchev–Trinajstić information content (AvgIpc) is 2.51. The van der Waals surface area contributed by atoms with Gasteiger partial charge in [0.2, 0.25) is 0 Å². The number of unbranched alkanes of at least 4 members (excludes halogenated alkanes) is 13. The predicted molar refractivity (Wildman–Crippen MR) is 94.6 cm³/mol. The highest BCUT2D eigenvalue weighted by Crippen LogP contribution is 2.14. The lowest BCUT2D eigenvalue weighted by Gasteiger charge is -2.10. The van der Waals surface area contributed by atoms with Gasteiger partial charge in [0.1, 0.15) is 0 Å². The normalized spacial score (nSPS) is 12.7. The molecular weight excluding hydrogens is 258 g/mol. The third-order valence-electron chi connectivity index (χ3n) is 4.56. The van der Waals surface area contributed by atoms with Crippen molar-refractivity contribution in [2.45, 2.75) is 103 Å². The molecule has 2 heteroatoms. The molecule has 0 amide bonds. The monoisotopic (exact) mass is 299 g/mol. The van der Waals surface area contributed by atoms with Crippen LogP contribution in [-0.2, 0) is 0 Å². The summed E-state index contributed by atoms with van der Waals surface area (Å²) in [5, 5.41) is 9.05. The molecule has 0 aliphatic carbocycles. The van der Waals surface area contributed by atoms with Crippen molar-refractivity contribution >= 4 is 0 Å². The number of hydrogen-bond donors (Lipinski definition) is 2. The van der Waals surface area contributed by atoms with Gasteiger partial charge < -0.3 is 10.8 Å². The molecule has 0 bridgehead atoms. The molecule has 0 aliphatic rings. The molecule has 0 fully saturated rings. The van der Waals surface area contributed by atoms with Crippen molar-refractivity contribution < 1.29 is 5.11 Å². The van der Waals surface area contributed by atoms with Crippen LogP contribution in [0.3, 0.4) is 0 Å². The Balaban J connectivity index is 3.02. The Morgan fingerprint density at radius 1 is 0.667 bits per heavy atom. The molecule has 21 heavy (non-hydrogen) atoms. The van der Waals surface area contributed by atoms with Crippen LogP contribution in [0.1, 0.15) is 103 Å². The highest BCUT2D eigenvalue weighted by atomic mass is 16.3. The van der Waals surface area contributed by atoms with Crippen LogP contribution in [0.5, 0.6) is 0 Å². The van der Waals surface area contributed by atoms with Gasteiger partial charge in [-0.1, -0.05) is 96.8 Å². The molecule has 1 atom stereocenters. The third kappa shape index (κ3) is 16.1. The molecule has 0 spiro atoms. The highest BCUT2D eigenvalue weighted by molar-refractivity contribution is 4.58. The van der Waals surface area contributed by atoms with E-state index in [-0.39, 0.29) is 6.61 Å². The van der Waals surface area contributed by atoms with Crippen LogP contribution in [0.15, 0.2) is 0 Å². The Bertz CT molecular complexity index is 180. The standard InChI is InChI=1S/C19H41NO/c1-2-3-4-5-6-7-8-9-10-11-12-13-14-15-16-19(17-20)18-21/h19,21H,2-18,20H2,1H3. The molecule has 2 nitrogen and oxygen atoms in total. The second-order valence-corrected chi connectivity index (χ2v) is 6.67. The fourth-order valence-electron chi connectivity index (χ4n) is 2.91. The summed E-state index contributed by atoms with van der Waals surface area (Å²) >= 11 is 0. The minimum Gasteiger partial charge on any atom is -0.396 e. The van der Waals surface area contributed by atoms with E-state index < -0.39 is 0 Å². The second kappa shape index (κ2) is 18.0. The fraction of sp³-hybridized carbons (Fsp3) is 1.00. The van der Waals surface area contributed by atoms with Crippen LogP contribution in [0.2, 0.25) is 0 Å². The Kier molecular flexibility index (Phi) is 17.9. The molecule has 128 valence electrons. The average molecular weight is 300 g/mol. The van der Waals surface area contributed by atoms with Gasteiger partial charge in [-0.15, -0.1) is 0 Å². The van der Waals surface area contributed by atoms with E-state index in [1.54, 1.807) is 0 Å². The van der Waals surface area contributed by atoms with Gasteiger partial charge in [-0.05, 0) is 18.9 Å². The summed E-state index contributed by atoms with van der Waals surface area (Å²) in [4.78, 5) is 0. The van der Waals surface area contributed by atoms with Gasteiger partial charge >= 0.3 is 0 Å². The van der Waals surface area contributed by atoms with Crippen molar-refractivity contribution in [3.05, 3.63) is 0 Å². The molecular formula is C19H41NO. The number of nitrogens with two attached hydrogens (primary N) is 1. The maximum atomic E-state index is 9.05. The van der Waals surface area contributed by atoms with Gasteiger partial charge in [-0.3, -0.25) is 0 Å². The molecule has 0 aliphatic heterocycles. The van der Waals surface area contributed by atoms with Gasteiger partial charge in [0.15, 0.2) is 0 Å². The summed E-state index contributed by atoms with van der Waals surface area (Å²) in [7, 11) is 0. The van der Waals surface area contributed by atoms with Crippen molar-refractivity contribution in [2.75, 3.05) is 13.2 Å². The maximum Gasteiger partial charge on any atom is 0.0471 e. The van der Waals surface area contributed by atoms with E-state index in [1.807, 2.05) is 0 Å². The molecule has 0 aromatic heterocycles. The summed E-state index contributed by atoms with van der Waals surface area (Å²) in [5.74, 6) is 0.335. The van der Waals surface area contributed by atoms with Crippen molar-refractivity contribution in [3.8, 4) is 0 Å². The molecule has 0 heterocycles. The molecule has 0 saturated heterocycles. The zero-order valence-electron chi connectivity index (χ0n) is 14.6. The van der Waals surface area contributed by atoms with E-state index in [2.05, 4.69) is 6.92 Å². The van der Waals surface area contributed by atoms with E-state index in [0.717, 1.165) is 6.42 Å². The van der Waals surface area contributed by atoms with Gasteiger partial charge in [0, 0.05) is 6.61 Å². The molecule has 1 unspecified atom stereocenters. The third-order valence-corrected chi connectivity index (χ3v) is 4.56. The topological polar surface area (TPSA) is 46.2 Å². The van der Waals surface area contributed by atoms with Crippen molar-refractivity contribution in [1.82, 2.24) is 0 Å². The van der Waals surface area contributed by atoms with Crippen LogP contribution < -0.4 is 5.73 Å². The van der Waals surface area contributed by atoms with Crippen LogP contribution in [-0.4, -0.2) is 18.3 Å². The SMILES string of the molecule is CCCCCCCCCCCCCCCCC(CN)CO. The van der Waals surface area contributed by atoms with E-state index in [4.69, 9.17) is 10.8 Å². The van der Waals surface area contributed by atoms with Crippen LogP contribution in [0, 0.1) is 5.92 Å². The first-order valence-electron chi connectivity index (χ1n) is 9.66. The molecule has 0 aromatic rings. The first kappa shape index (κ1) is 20.9. The summed E-state index contributed by atoms with van der Waals surface area (Å²) in [6, 6.07) is 0. The molecule has 0 saturated carbocycles. The first-order valence-corrected chi connectivity index (χ1v) is 9.66. The van der Waals surface area contributed by atoms with Gasteiger partial charge in [-0.25, -0.2) is 0 Å². The second-order valence-electron chi connectivity index (χ2n) is 6.67. The van der Waals surface area contributed by atoms with Crippen molar-refractivity contribution in [1.29, 1.82) is 0 Å². The molecule has 3 N–H and O–H groups in total. The summed E-state index contributed by atoms with van der Waals surface area (Å²) < 4.78 is 0. The Morgan fingerprint density at radius 3 is 1.38 bits per heavy atom. The van der Waals surface area contributed by atoms with Gasteiger partial charge in [0.25, 0.3) is 0 Å². The largest absolute Gasteiger partial charge is 0.396 e. The van der Waals surface area contributed by atoms with E-state index in [0.29, 0.717) is 12.5 Å². The number of aliphatic hydroxyl groups excluding tert-OH is 1. The van der Waals surface area contributed by atoms with Crippen LogP contribution in [0.25, 0.3) is 0 Å². The van der Waals surface area contributed by atoms with Crippen molar-refractivity contribution in [3.63, 3.8) is 0 Å². The summed E-state index contributed by atoms with van der Waals surface area (Å²) in [6.45, 7) is 3.17. The zero-order chi connectivity index (χ0) is 15.6. The zero-order valence-corrected chi connectivity index (χ0v) is 14.6. The fourth-order valence-corrected chi connectivity index (χ4v) is 2.91. The van der Waals surface area contributed by atoms with E-state index in [1.165, 1.54) is 89.9 Å².